The molecule has 0 aromatic heterocycles. The monoisotopic (exact) mass is 318 g/mol. The van der Waals surface area contributed by atoms with Gasteiger partial charge in [-0.05, 0) is 38.1 Å². The second kappa shape index (κ2) is 7.41. The molecule has 0 saturated carbocycles. The van der Waals surface area contributed by atoms with Crippen LogP contribution in [0, 0.1) is 0 Å². The molecule has 4 nitrogen and oxygen atoms in total. The number of rotatable bonds is 7. The molecule has 0 aliphatic carbocycles. The van der Waals surface area contributed by atoms with E-state index < -0.39 is 10.0 Å². The predicted octanol–water partition coefficient (Wildman–Crippen LogP) is 2.87. The van der Waals surface area contributed by atoms with E-state index in [9.17, 15) is 8.42 Å². The first-order valence-corrected chi connectivity index (χ1v) is 8.67. The van der Waals surface area contributed by atoms with Crippen LogP contribution in [0.15, 0.2) is 23.1 Å². The van der Waals surface area contributed by atoms with E-state index in [1.54, 1.807) is 12.1 Å². The van der Waals surface area contributed by atoms with Crippen molar-refractivity contribution in [3.63, 3.8) is 0 Å². The minimum Gasteiger partial charge on any atom is -0.313 e. The lowest BCUT2D eigenvalue weighted by Crippen LogP contribution is -2.36. The van der Waals surface area contributed by atoms with Crippen molar-refractivity contribution in [3.8, 4) is 0 Å². The van der Waals surface area contributed by atoms with Gasteiger partial charge in [0.25, 0.3) is 0 Å². The summed E-state index contributed by atoms with van der Waals surface area (Å²) in [6, 6.07) is 5.05. The number of nitrogens with zero attached hydrogens (tertiary/aromatic N) is 1. The maximum absolute atomic E-state index is 12.7. The first kappa shape index (κ1) is 17.4. The van der Waals surface area contributed by atoms with Crippen molar-refractivity contribution >= 4 is 21.6 Å². The smallest absolute Gasteiger partial charge is 0.244 e. The summed E-state index contributed by atoms with van der Waals surface area (Å²) in [5.74, 6) is 0. The highest BCUT2D eigenvalue weighted by atomic mass is 35.5. The van der Waals surface area contributed by atoms with E-state index >= 15 is 0 Å². The minimum atomic E-state index is -3.55. The Labute approximate surface area is 127 Å². The molecule has 0 amide bonds. The fraction of sp³-hybridized carbons (Fsp3) is 0.571. The topological polar surface area (TPSA) is 49.4 Å². The Kier molecular flexibility index (Phi) is 6.45. The molecule has 0 aliphatic heterocycles. The van der Waals surface area contributed by atoms with E-state index in [1.807, 2.05) is 33.8 Å². The van der Waals surface area contributed by atoms with Gasteiger partial charge in [0.05, 0.1) is 5.02 Å². The number of benzene rings is 1. The summed E-state index contributed by atoms with van der Waals surface area (Å²) in [5.41, 5.74) is 0.912. The lowest BCUT2D eigenvalue weighted by atomic mass is 10.2. The zero-order chi connectivity index (χ0) is 15.3. The molecule has 0 fully saturated rings. The van der Waals surface area contributed by atoms with E-state index in [2.05, 4.69) is 5.32 Å². The Bertz CT molecular complexity index is 544. The molecule has 1 aromatic rings. The van der Waals surface area contributed by atoms with E-state index in [0.717, 1.165) is 12.1 Å². The Morgan fingerprint density at radius 1 is 1.30 bits per heavy atom. The largest absolute Gasteiger partial charge is 0.313 e. The molecular weight excluding hydrogens is 296 g/mol. The third-order valence-electron chi connectivity index (χ3n) is 3.05. The normalized spacial score (nSPS) is 12.3. The lowest BCUT2D eigenvalue weighted by molar-refractivity contribution is 0.369. The summed E-state index contributed by atoms with van der Waals surface area (Å²) in [6.07, 6.45) is 0. The van der Waals surface area contributed by atoms with Crippen molar-refractivity contribution in [3.05, 3.63) is 28.8 Å². The van der Waals surface area contributed by atoms with Crippen LogP contribution in [0.4, 0.5) is 0 Å². The average molecular weight is 319 g/mol. The van der Waals surface area contributed by atoms with Gasteiger partial charge in [0, 0.05) is 19.1 Å². The van der Waals surface area contributed by atoms with Crippen LogP contribution in [0.3, 0.4) is 0 Å². The van der Waals surface area contributed by atoms with Crippen molar-refractivity contribution in [1.29, 1.82) is 0 Å². The Balaban J connectivity index is 3.22. The summed E-state index contributed by atoms with van der Waals surface area (Å²) in [4.78, 5) is 0.185. The molecule has 114 valence electrons. The molecule has 0 aliphatic rings. The number of nitrogens with one attached hydrogen (secondary N) is 1. The zero-order valence-corrected chi connectivity index (χ0v) is 14.1. The SMILES string of the molecule is CCNCc1ccc(Cl)c(S(=O)(=O)N(CC)C(C)C)c1. The van der Waals surface area contributed by atoms with Crippen LogP contribution in [0.1, 0.15) is 33.3 Å². The van der Waals surface area contributed by atoms with Crippen molar-refractivity contribution < 1.29 is 8.42 Å². The summed E-state index contributed by atoms with van der Waals surface area (Å²) in [5, 5.41) is 3.45. The van der Waals surface area contributed by atoms with Crippen LogP contribution in [0.25, 0.3) is 0 Å². The predicted molar refractivity (Wildman–Crippen MR) is 83.5 cm³/mol. The second-order valence-corrected chi connectivity index (χ2v) is 7.11. The molecule has 0 atom stereocenters. The molecular formula is C14H23ClN2O2S. The van der Waals surface area contributed by atoms with Crippen molar-refractivity contribution in [2.75, 3.05) is 13.1 Å². The fourth-order valence-electron chi connectivity index (χ4n) is 2.06. The number of hydrogen-bond acceptors (Lipinski definition) is 3. The molecule has 0 radical (unpaired) electrons. The second-order valence-electron chi connectivity index (χ2n) is 4.85. The molecule has 0 bridgehead atoms. The summed E-state index contributed by atoms with van der Waals surface area (Å²) >= 11 is 6.09. The highest BCUT2D eigenvalue weighted by Gasteiger charge is 2.27. The summed E-state index contributed by atoms with van der Waals surface area (Å²) < 4.78 is 26.8. The van der Waals surface area contributed by atoms with Gasteiger partial charge in [-0.1, -0.05) is 31.5 Å². The van der Waals surface area contributed by atoms with Crippen LogP contribution < -0.4 is 5.32 Å². The van der Waals surface area contributed by atoms with Crippen LogP contribution >= 0.6 is 11.6 Å². The summed E-state index contributed by atoms with van der Waals surface area (Å²) in [7, 11) is -3.55. The first-order chi connectivity index (χ1) is 9.34. The average Bonchev–Trinajstić information content (AvgIpc) is 2.37. The molecule has 1 rings (SSSR count). The van der Waals surface area contributed by atoms with E-state index in [1.165, 1.54) is 4.31 Å². The maximum atomic E-state index is 12.7. The number of hydrogen-bond donors (Lipinski definition) is 1. The van der Waals surface area contributed by atoms with E-state index in [4.69, 9.17) is 11.6 Å². The maximum Gasteiger partial charge on any atom is 0.244 e. The molecule has 6 heteroatoms. The van der Waals surface area contributed by atoms with Crippen molar-refractivity contribution in [1.82, 2.24) is 9.62 Å². The molecule has 0 heterocycles. The van der Waals surface area contributed by atoms with Crippen molar-refractivity contribution in [2.24, 2.45) is 0 Å². The molecule has 0 unspecified atom stereocenters. The highest BCUT2D eigenvalue weighted by Crippen LogP contribution is 2.27. The quantitative estimate of drug-likeness (QED) is 0.841. The molecule has 1 N–H and O–H groups in total. The van der Waals surface area contributed by atoms with Crippen LogP contribution in [0.5, 0.6) is 0 Å². The molecule has 1 aromatic carbocycles. The van der Waals surface area contributed by atoms with Gasteiger partial charge in [0.15, 0.2) is 0 Å². The summed E-state index contributed by atoms with van der Waals surface area (Å²) in [6.45, 7) is 9.43. The van der Waals surface area contributed by atoms with Gasteiger partial charge >= 0.3 is 0 Å². The van der Waals surface area contributed by atoms with E-state index in [0.29, 0.717) is 13.1 Å². The number of sulfonamides is 1. The minimum absolute atomic E-state index is 0.0986. The fourth-order valence-corrected chi connectivity index (χ4v) is 4.24. The van der Waals surface area contributed by atoms with Crippen molar-refractivity contribution in [2.45, 2.75) is 45.2 Å². The Morgan fingerprint density at radius 3 is 2.45 bits per heavy atom. The van der Waals surface area contributed by atoms with Crippen LogP contribution in [-0.2, 0) is 16.6 Å². The zero-order valence-electron chi connectivity index (χ0n) is 12.5. The highest BCUT2D eigenvalue weighted by molar-refractivity contribution is 7.89. The van der Waals surface area contributed by atoms with Gasteiger partial charge in [-0.3, -0.25) is 0 Å². The van der Waals surface area contributed by atoms with Gasteiger partial charge in [-0.2, -0.15) is 4.31 Å². The first-order valence-electron chi connectivity index (χ1n) is 6.85. The van der Waals surface area contributed by atoms with Crippen LogP contribution in [-0.4, -0.2) is 31.9 Å². The standard InChI is InChI=1S/C14H23ClN2O2S/c1-5-16-10-12-7-8-13(15)14(9-12)20(18,19)17(6-2)11(3)4/h7-9,11,16H,5-6,10H2,1-4H3. The Morgan fingerprint density at radius 2 is 1.95 bits per heavy atom. The van der Waals surface area contributed by atoms with E-state index in [-0.39, 0.29) is 16.0 Å². The molecule has 0 spiro atoms. The van der Waals surface area contributed by atoms with Gasteiger partial charge in [-0.15, -0.1) is 0 Å². The van der Waals surface area contributed by atoms with Gasteiger partial charge in [0.2, 0.25) is 10.0 Å². The van der Waals surface area contributed by atoms with Crippen LogP contribution in [0.2, 0.25) is 5.02 Å². The van der Waals surface area contributed by atoms with Gasteiger partial charge in [-0.25, -0.2) is 8.42 Å². The molecule has 0 saturated heterocycles. The lowest BCUT2D eigenvalue weighted by Gasteiger charge is -2.25. The molecule has 20 heavy (non-hydrogen) atoms. The third kappa shape index (κ3) is 3.95. The third-order valence-corrected chi connectivity index (χ3v) is 5.68. The number of halogens is 1. The van der Waals surface area contributed by atoms with Gasteiger partial charge in [0.1, 0.15) is 4.90 Å². The van der Waals surface area contributed by atoms with Gasteiger partial charge < -0.3 is 5.32 Å². The Hall–Kier alpha value is -0.620.